The minimum Gasteiger partial charge on any atom is -0.548 e. The molecule has 2 aliphatic rings. The van der Waals surface area contributed by atoms with E-state index in [0.29, 0.717) is 0 Å². The zero-order valence-electron chi connectivity index (χ0n) is 8.72. The number of para-hydroxylation sites is 1. The Morgan fingerprint density at radius 2 is 2.19 bits per heavy atom. The van der Waals surface area contributed by atoms with Crippen LogP contribution in [-0.4, -0.2) is 12.0 Å². The molecule has 82 valence electrons. The molecule has 0 unspecified atom stereocenters. The number of aliphatic carboxylic acids is 1. The fraction of sp³-hybridized carbons (Fsp3) is 0.308. The van der Waals surface area contributed by atoms with E-state index in [2.05, 4.69) is 23.5 Å². The molecule has 1 aromatic carbocycles. The zero-order valence-corrected chi connectivity index (χ0v) is 8.72. The van der Waals surface area contributed by atoms with E-state index in [1.165, 1.54) is 5.56 Å². The molecule has 0 bridgehead atoms. The van der Waals surface area contributed by atoms with E-state index in [9.17, 15) is 9.90 Å². The summed E-state index contributed by atoms with van der Waals surface area (Å²) in [5, 5.41) is 14.2. The number of allylic oxidation sites excluding steroid dienone is 2. The first-order valence-corrected chi connectivity index (χ1v) is 5.50. The van der Waals surface area contributed by atoms with Gasteiger partial charge < -0.3 is 15.2 Å². The number of rotatable bonds is 1. The molecule has 0 spiro atoms. The van der Waals surface area contributed by atoms with Gasteiger partial charge in [0.15, 0.2) is 0 Å². The Hall–Kier alpha value is -1.77. The first-order valence-electron chi connectivity index (χ1n) is 5.50. The van der Waals surface area contributed by atoms with Crippen LogP contribution in [0.25, 0.3) is 0 Å². The number of anilines is 1. The summed E-state index contributed by atoms with van der Waals surface area (Å²) in [6.07, 6.45) is 4.99. The van der Waals surface area contributed by atoms with Crippen LogP contribution >= 0.6 is 0 Å². The standard InChI is InChI=1S/C13H13NO2/c15-13(16)12-10-6-3-5-8(10)9-4-1-2-7-11(9)14-12/h1-5,7-8,10,12,14H,6H2,(H,15,16)/p-1/t8-,10-,12+/m0/s1. The number of hydrogen-bond donors (Lipinski definition) is 1. The van der Waals surface area contributed by atoms with Crippen LogP contribution in [0.15, 0.2) is 36.4 Å². The van der Waals surface area contributed by atoms with Crippen molar-refractivity contribution < 1.29 is 9.90 Å². The van der Waals surface area contributed by atoms with E-state index >= 15 is 0 Å². The normalized spacial score (nSPS) is 30.4. The summed E-state index contributed by atoms with van der Waals surface area (Å²) >= 11 is 0. The maximum absolute atomic E-state index is 11.1. The van der Waals surface area contributed by atoms with Crippen LogP contribution in [0.1, 0.15) is 17.9 Å². The van der Waals surface area contributed by atoms with Crippen molar-refractivity contribution in [1.82, 2.24) is 0 Å². The minimum absolute atomic E-state index is 0.0971. The Balaban J connectivity index is 2.08. The molecule has 0 radical (unpaired) electrons. The molecule has 3 rings (SSSR count). The smallest absolute Gasteiger partial charge is 0.0698 e. The van der Waals surface area contributed by atoms with Gasteiger partial charge in [-0.05, 0) is 24.0 Å². The lowest BCUT2D eigenvalue weighted by molar-refractivity contribution is -0.308. The lowest BCUT2D eigenvalue weighted by atomic mass is 9.79. The lowest BCUT2D eigenvalue weighted by Gasteiger charge is -2.37. The van der Waals surface area contributed by atoms with Gasteiger partial charge in [0.2, 0.25) is 0 Å². The van der Waals surface area contributed by atoms with Crippen LogP contribution in [0, 0.1) is 5.92 Å². The van der Waals surface area contributed by atoms with Gasteiger partial charge in [-0.1, -0.05) is 30.4 Å². The molecule has 0 amide bonds. The van der Waals surface area contributed by atoms with Crippen LogP contribution in [0.3, 0.4) is 0 Å². The topological polar surface area (TPSA) is 52.2 Å². The molecule has 0 saturated heterocycles. The monoisotopic (exact) mass is 214 g/mol. The van der Waals surface area contributed by atoms with Crippen LogP contribution in [0.5, 0.6) is 0 Å². The van der Waals surface area contributed by atoms with Gasteiger partial charge in [0.05, 0.1) is 12.0 Å². The molecule has 3 nitrogen and oxygen atoms in total. The van der Waals surface area contributed by atoms with Gasteiger partial charge in [-0.3, -0.25) is 0 Å². The number of nitrogens with one attached hydrogen (secondary N) is 1. The molecular weight excluding hydrogens is 202 g/mol. The Labute approximate surface area is 93.8 Å². The highest BCUT2D eigenvalue weighted by molar-refractivity contribution is 5.79. The average molecular weight is 214 g/mol. The van der Waals surface area contributed by atoms with Gasteiger partial charge in [-0.25, -0.2) is 0 Å². The van der Waals surface area contributed by atoms with Crippen molar-refractivity contribution in [2.75, 3.05) is 5.32 Å². The summed E-state index contributed by atoms with van der Waals surface area (Å²) in [6, 6.07) is 7.31. The Bertz CT molecular complexity index is 467. The number of carboxylic acid groups (broad SMARTS) is 1. The quantitative estimate of drug-likeness (QED) is 0.706. The number of carbonyl (C=O) groups is 1. The highest BCUT2D eigenvalue weighted by atomic mass is 16.4. The molecule has 0 aromatic heterocycles. The van der Waals surface area contributed by atoms with Crippen LogP contribution in [0.2, 0.25) is 0 Å². The third-order valence-corrected chi connectivity index (χ3v) is 3.53. The molecule has 1 N–H and O–H groups in total. The summed E-state index contributed by atoms with van der Waals surface area (Å²) in [5.74, 6) is -0.687. The summed E-state index contributed by atoms with van der Waals surface area (Å²) in [4.78, 5) is 11.1. The lowest BCUT2D eigenvalue weighted by Crippen LogP contribution is -2.48. The van der Waals surface area contributed by atoms with Gasteiger partial charge in [0.25, 0.3) is 0 Å². The highest BCUT2D eigenvalue weighted by Gasteiger charge is 2.37. The van der Waals surface area contributed by atoms with Crippen LogP contribution in [-0.2, 0) is 4.79 Å². The number of hydrogen-bond acceptors (Lipinski definition) is 3. The summed E-state index contributed by atoms with van der Waals surface area (Å²) in [7, 11) is 0. The van der Waals surface area contributed by atoms with Gasteiger partial charge in [-0.2, -0.15) is 0 Å². The second-order valence-electron chi connectivity index (χ2n) is 4.38. The van der Waals surface area contributed by atoms with Gasteiger partial charge >= 0.3 is 0 Å². The van der Waals surface area contributed by atoms with E-state index in [0.717, 1.165) is 12.1 Å². The molecule has 1 aliphatic carbocycles. The van der Waals surface area contributed by atoms with E-state index in [1.807, 2.05) is 18.2 Å². The van der Waals surface area contributed by atoms with Gasteiger partial charge in [-0.15, -0.1) is 0 Å². The predicted octanol–water partition coefficient (Wildman–Crippen LogP) is 0.890. The molecule has 0 saturated carbocycles. The van der Waals surface area contributed by atoms with E-state index < -0.39 is 12.0 Å². The second kappa shape index (κ2) is 3.37. The third kappa shape index (κ3) is 1.24. The minimum atomic E-state index is -1.01. The van der Waals surface area contributed by atoms with Gasteiger partial charge in [0.1, 0.15) is 0 Å². The third-order valence-electron chi connectivity index (χ3n) is 3.53. The van der Waals surface area contributed by atoms with Crippen LogP contribution in [0.4, 0.5) is 5.69 Å². The Morgan fingerprint density at radius 1 is 1.38 bits per heavy atom. The fourth-order valence-electron chi connectivity index (χ4n) is 2.78. The highest BCUT2D eigenvalue weighted by Crippen LogP contribution is 2.44. The molecule has 3 atom stereocenters. The number of benzene rings is 1. The molecule has 16 heavy (non-hydrogen) atoms. The van der Waals surface area contributed by atoms with Crippen molar-refractivity contribution >= 4 is 11.7 Å². The van der Waals surface area contributed by atoms with Crippen molar-refractivity contribution in [2.45, 2.75) is 18.4 Å². The second-order valence-corrected chi connectivity index (χ2v) is 4.38. The summed E-state index contributed by atoms with van der Waals surface area (Å²) in [6.45, 7) is 0. The molecule has 1 heterocycles. The van der Waals surface area contributed by atoms with E-state index in [1.54, 1.807) is 0 Å². The molecule has 3 heteroatoms. The van der Waals surface area contributed by atoms with Crippen LogP contribution < -0.4 is 10.4 Å². The maximum atomic E-state index is 11.1. The number of carboxylic acids is 1. The zero-order chi connectivity index (χ0) is 11.1. The largest absolute Gasteiger partial charge is 0.548 e. The number of carbonyl (C=O) groups excluding carboxylic acids is 1. The van der Waals surface area contributed by atoms with Gasteiger partial charge in [0, 0.05) is 11.6 Å². The molecule has 0 fully saturated rings. The van der Waals surface area contributed by atoms with Crippen molar-refractivity contribution in [2.24, 2.45) is 5.92 Å². The SMILES string of the molecule is O=C([O-])[C@@H]1Nc2ccccc2[C@@H]2C=CC[C@H]12. The van der Waals surface area contributed by atoms with Crippen molar-refractivity contribution in [3.63, 3.8) is 0 Å². The first kappa shape index (κ1) is 9.46. The van der Waals surface area contributed by atoms with Crippen molar-refractivity contribution in [3.05, 3.63) is 42.0 Å². The van der Waals surface area contributed by atoms with Crippen molar-refractivity contribution in [1.29, 1.82) is 0 Å². The van der Waals surface area contributed by atoms with E-state index in [-0.39, 0.29) is 11.8 Å². The maximum Gasteiger partial charge on any atom is 0.0698 e. The summed E-state index contributed by atoms with van der Waals surface area (Å²) < 4.78 is 0. The Kier molecular flexibility index (Phi) is 1.99. The molecule has 1 aromatic rings. The first-order chi connectivity index (χ1) is 7.77. The fourth-order valence-corrected chi connectivity index (χ4v) is 2.78. The molecular formula is C13H12NO2-. The average Bonchev–Trinajstić information content (AvgIpc) is 2.76. The Morgan fingerprint density at radius 3 is 3.00 bits per heavy atom. The number of fused-ring (bicyclic) bond motifs is 3. The summed E-state index contributed by atoms with van der Waals surface area (Å²) in [5.41, 5.74) is 2.11. The predicted molar refractivity (Wildman–Crippen MR) is 58.8 cm³/mol. The molecule has 1 aliphatic heterocycles. The van der Waals surface area contributed by atoms with Crippen molar-refractivity contribution in [3.8, 4) is 0 Å². The van der Waals surface area contributed by atoms with E-state index in [4.69, 9.17) is 0 Å².